The van der Waals surface area contributed by atoms with Crippen molar-refractivity contribution in [1.82, 2.24) is 15.1 Å². The molecule has 2 heterocycles. The summed E-state index contributed by atoms with van der Waals surface area (Å²) in [5.41, 5.74) is 2.26. The average Bonchev–Trinajstić information content (AvgIpc) is 2.92. The van der Waals surface area contributed by atoms with Crippen molar-refractivity contribution in [3.05, 3.63) is 47.6 Å². The van der Waals surface area contributed by atoms with Crippen LogP contribution in [0, 0.1) is 12.8 Å². The lowest BCUT2D eigenvalue weighted by Crippen LogP contribution is -1.96. The molecule has 0 N–H and O–H groups in total. The van der Waals surface area contributed by atoms with E-state index in [1.54, 1.807) is 11.8 Å². The van der Waals surface area contributed by atoms with E-state index >= 15 is 0 Å². The zero-order valence-electron chi connectivity index (χ0n) is 13.0. The standard InChI is InChI=1S/C17H19N3OS/c1-11(2)8-15-19-16(21-20-15)10-22-17-9-12(3)13-6-4-5-7-14(13)18-17/h4-7,9,11H,8,10H2,1-3H3. The van der Waals surface area contributed by atoms with Gasteiger partial charge in [-0.15, -0.1) is 0 Å². The minimum atomic E-state index is 0.530. The predicted octanol–water partition coefficient (Wildman–Crippen LogP) is 4.42. The van der Waals surface area contributed by atoms with E-state index in [1.807, 2.05) is 18.2 Å². The van der Waals surface area contributed by atoms with Crippen LogP contribution >= 0.6 is 11.8 Å². The van der Waals surface area contributed by atoms with Gasteiger partial charge in [0.2, 0.25) is 5.89 Å². The van der Waals surface area contributed by atoms with Crippen LogP contribution in [-0.4, -0.2) is 15.1 Å². The van der Waals surface area contributed by atoms with Crippen molar-refractivity contribution in [2.45, 2.75) is 38.0 Å². The molecule has 3 rings (SSSR count). The molecule has 0 bridgehead atoms. The van der Waals surface area contributed by atoms with Gasteiger partial charge in [0, 0.05) is 11.8 Å². The number of benzene rings is 1. The van der Waals surface area contributed by atoms with E-state index in [0.29, 0.717) is 17.6 Å². The Morgan fingerprint density at radius 2 is 2.00 bits per heavy atom. The van der Waals surface area contributed by atoms with E-state index in [9.17, 15) is 0 Å². The molecule has 0 amide bonds. The van der Waals surface area contributed by atoms with Crippen molar-refractivity contribution in [2.75, 3.05) is 0 Å². The summed E-state index contributed by atoms with van der Waals surface area (Å²) in [4.78, 5) is 9.10. The van der Waals surface area contributed by atoms with Crippen LogP contribution < -0.4 is 0 Å². The number of aromatic nitrogens is 3. The van der Waals surface area contributed by atoms with Crippen LogP contribution in [0.2, 0.25) is 0 Å². The molecule has 0 aliphatic heterocycles. The second kappa shape index (κ2) is 6.48. The maximum atomic E-state index is 5.30. The molecule has 0 aliphatic carbocycles. The normalized spacial score (nSPS) is 11.5. The van der Waals surface area contributed by atoms with Gasteiger partial charge in [0.25, 0.3) is 0 Å². The first-order chi connectivity index (χ1) is 10.6. The lowest BCUT2D eigenvalue weighted by atomic mass is 10.1. The lowest BCUT2D eigenvalue weighted by molar-refractivity contribution is 0.382. The molecule has 0 saturated heterocycles. The molecular weight excluding hydrogens is 294 g/mol. The van der Waals surface area contributed by atoms with E-state index in [0.717, 1.165) is 22.8 Å². The lowest BCUT2D eigenvalue weighted by Gasteiger charge is -2.04. The highest BCUT2D eigenvalue weighted by Gasteiger charge is 2.10. The summed E-state index contributed by atoms with van der Waals surface area (Å²) in [6.45, 7) is 6.40. The summed E-state index contributed by atoms with van der Waals surface area (Å²) in [6, 6.07) is 10.3. The van der Waals surface area contributed by atoms with Gasteiger partial charge in [-0.3, -0.25) is 0 Å². The van der Waals surface area contributed by atoms with Crippen molar-refractivity contribution in [3.8, 4) is 0 Å². The first-order valence-electron chi connectivity index (χ1n) is 7.42. The number of hydrogen-bond acceptors (Lipinski definition) is 5. The molecule has 22 heavy (non-hydrogen) atoms. The Labute approximate surface area is 134 Å². The molecule has 0 fully saturated rings. The summed E-state index contributed by atoms with van der Waals surface area (Å²) in [7, 11) is 0. The van der Waals surface area contributed by atoms with Gasteiger partial charge in [-0.1, -0.05) is 49.0 Å². The van der Waals surface area contributed by atoms with Gasteiger partial charge in [0.05, 0.1) is 16.3 Å². The van der Waals surface area contributed by atoms with Crippen LogP contribution in [0.25, 0.3) is 10.9 Å². The van der Waals surface area contributed by atoms with E-state index in [1.165, 1.54) is 10.9 Å². The second-order valence-corrected chi connectivity index (χ2v) is 6.78. The zero-order chi connectivity index (χ0) is 15.5. The molecule has 0 aliphatic rings. The van der Waals surface area contributed by atoms with Crippen molar-refractivity contribution >= 4 is 22.7 Å². The molecule has 2 aromatic heterocycles. The van der Waals surface area contributed by atoms with Crippen LogP contribution in [0.3, 0.4) is 0 Å². The van der Waals surface area contributed by atoms with Crippen LogP contribution in [-0.2, 0) is 12.2 Å². The zero-order valence-corrected chi connectivity index (χ0v) is 13.9. The number of rotatable bonds is 5. The Bertz CT molecular complexity index is 782. The number of pyridine rings is 1. The fraction of sp³-hybridized carbons (Fsp3) is 0.353. The number of hydrogen-bond donors (Lipinski definition) is 0. The van der Waals surface area contributed by atoms with Gasteiger partial charge in [0.1, 0.15) is 0 Å². The van der Waals surface area contributed by atoms with E-state index in [4.69, 9.17) is 4.52 Å². The van der Waals surface area contributed by atoms with Gasteiger partial charge in [-0.05, 0) is 30.5 Å². The molecule has 1 aromatic carbocycles. The fourth-order valence-corrected chi connectivity index (χ4v) is 3.14. The van der Waals surface area contributed by atoms with E-state index in [2.05, 4.69) is 48.0 Å². The molecule has 114 valence electrons. The highest BCUT2D eigenvalue weighted by atomic mass is 32.2. The molecule has 5 heteroatoms. The Morgan fingerprint density at radius 1 is 1.18 bits per heavy atom. The largest absolute Gasteiger partial charge is 0.338 e. The average molecular weight is 313 g/mol. The van der Waals surface area contributed by atoms with Gasteiger partial charge >= 0.3 is 0 Å². The Morgan fingerprint density at radius 3 is 2.82 bits per heavy atom. The van der Waals surface area contributed by atoms with Crippen LogP contribution in [0.15, 0.2) is 39.9 Å². The fourth-order valence-electron chi connectivity index (χ4n) is 2.32. The molecule has 0 spiro atoms. The van der Waals surface area contributed by atoms with E-state index in [-0.39, 0.29) is 0 Å². The van der Waals surface area contributed by atoms with Gasteiger partial charge < -0.3 is 4.52 Å². The smallest absolute Gasteiger partial charge is 0.237 e. The summed E-state index contributed by atoms with van der Waals surface area (Å²) in [6.07, 6.45) is 0.849. The molecule has 4 nitrogen and oxygen atoms in total. The third-order valence-corrected chi connectivity index (χ3v) is 4.24. The highest BCUT2D eigenvalue weighted by Crippen LogP contribution is 2.25. The number of nitrogens with zero attached hydrogens (tertiary/aromatic N) is 3. The van der Waals surface area contributed by atoms with Crippen LogP contribution in [0.5, 0.6) is 0 Å². The molecule has 3 aromatic rings. The van der Waals surface area contributed by atoms with Gasteiger partial charge in [-0.2, -0.15) is 4.98 Å². The third kappa shape index (κ3) is 3.47. The molecule has 0 atom stereocenters. The summed E-state index contributed by atoms with van der Waals surface area (Å²) in [5.74, 6) is 2.63. The summed E-state index contributed by atoms with van der Waals surface area (Å²) >= 11 is 1.63. The topological polar surface area (TPSA) is 51.8 Å². The Balaban J connectivity index is 1.72. The van der Waals surface area contributed by atoms with E-state index < -0.39 is 0 Å². The molecule has 0 saturated carbocycles. The van der Waals surface area contributed by atoms with Gasteiger partial charge in [0.15, 0.2) is 5.82 Å². The molecule has 0 radical (unpaired) electrons. The number of fused-ring (bicyclic) bond motifs is 1. The molecule has 0 unspecified atom stereocenters. The maximum absolute atomic E-state index is 5.30. The first-order valence-corrected chi connectivity index (χ1v) is 8.41. The summed E-state index contributed by atoms with van der Waals surface area (Å²) < 4.78 is 5.30. The monoisotopic (exact) mass is 313 g/mol. The highest BCUT2D eigenvalue weighted by molar-refractivity contribution is 7.98. The Hall–Kier alpha value is -1.88. The number of para-hydroxylation sites is 1. The van der Waals surface area contributed by atoms with Crippen molar-refractivity contribution in [1.29, 1.82) is 0 Å². The number of thioether (sulfide) groups is 1. The first kappa shape index (κ1) is 15.0. The van der Waals surface area contributed by atoms with Crippen molar-refractivity contribution in [2.24, 2.45) is 5.92 Å². The SMILES string of the molecule is Cc1cc(SCc2nc(CC(C)C)no2)nc2ccccc12. The number of aryl methyl sites for hydroxylation is 1. The van der Waals surface area contributed by atoms with Gasteiger partial charge in [-0.25, -0.2) is 4.98 Å². The minimum absolute atomic E-state index is 0.530. The quantitative estimate of drug-likeness (QED) is 0.653. The minimum Gasteiger partial charge on any atom is -0.338 e. The van der Waals surface area contributed by atoms with Crippen LogP contribution in [0.1, 0.15) is 31.1 Å². The molecular formula is C17H19N3OS. The third-order valence-electron chi connectivity index (χ3n) is 3.34. The second-order valence-electron chi connectivity index (χ2n) is 5.79. The van der Waals surface area contributed by atoms with Crippen molar-refractivity contribution in [3.63, 3.8) is 0 Å². The summed E-state index contributed by atoms with van der Waals surface area (Å²) in [5, 5.41) is 6.20. The maximum Gasteiger partial charge on any atom is 0.237 e. The predicted molar refractivity (Wildman–Crippen MR) is 88.9 cm³/mol. The van der Waals surface area contributed by atoms with Crippen LogP contribution in [0.4, 0.5) is 0 Å². The van der Waals surface area contributed by atoms with Crippen molar-refractivity contribution < 1.29 is 4.52 Å². The Kier molecular flexibility index (Phi) is 4.43.